The number of piperidine rings is 1. The first-order chi connectivity index (χ1) is 15.2. The Labute approximate surface area is 183 Å². The first-order valence-electron chi connectivity index (χ1n) is 11.4. The van der Waals surface area contributed by atoms with Crippen molar-refractivity contribution in [3.8, 4) is 0 Å². The third-order valence-electron chi connectivity index (χ3n) is 6.93. The molecular weight excluding hydrogens is 394 g/mol. The second-order valence-electron chi connectivity index (χ2n) is 8.66. The van der Waals surface area contributed by atoms with Gasteiger partial charge in [0.1, 0.15) is 0 Å². The van der Waals surface area contributed by atoms with Gasteiger partial charge in [-0.1, -0.05) is 30.3 Å². The standard InChI is InChI=1S/C24H33N3O4/c1-30-24(29)27-13-5-8-21(23-19(15-28)14-25-26-23)22(27)16-31-20-11-9-18(10-12-20)17-6-3-2-4-7-17/h2-4,6-7,14,18,20-22,28H,5,8-13,15-16H2,1H3,(H,25,26)/t18?,20?,21?,22-/m0/s1. The first kappa shape index (κ1) is 21.8. The zero-order valence-electron chi connectivity index (χ0n) is 18.2. The number of aliphatic hydroxyl groups excluding tert-OH is 1. The first-order valence-corrected chi connectivity index (χ1v) is 11.4. The number of rotatable bonds is 6. The van der Waals surface area contributed by atoms with E-state index in [1.54, 1.807) is 11.1 Å². The van der Waals surface area contributed by atoms with Gasteiger partial charge in [0.25, 0.3) is 0 Å². The highest BCUT2D eigenvalue weighted by molar-refractivity contribution is 5.68. The van der Waals surface area contributed by atoms with Crippen LogP contribution in [0.4, 0.5) is 4.79 Å². The van der Waals surface area contributed by atoms with Crippen LogP contribution in [0.2, 0.25) is 0 Å². The Morgan fingerprint density at radius 2 is 1.97 bits per heavy atom. The van der Waals surface area contributed by atoms with E-state index in [0.29, 0.717) is 19.1 Å². The second-order valence-corrected chi connectivity index (χ2v) is 8.66. The maximum atomic E-state index is 12.5. The lowest BCUT2D eigenvalue weighted by Gasteiger charge is -2.41. The predicted molar refractivity (Wildman–Crippen MR) is 117 cm³/mol. The number of nitrogens with zero attached hydrogens (tertiary/aromatic N) is 2. The lowest BCUT2D eigenvalue weighted by Crippen LogP contribution is -2.50. The van der Waals surface area contributed by atoms with Gasteiger partial charge in [0.05, 0.1) is 38.7 Å². The molecule has 2 atom stereocenters. The molecular formula is C24H33N3O4. The van der Waals surface area contributed by atoms with Crippen molar-refractivity contribution in [1.29, 1.82) is 0 Å². The molecule has 2 aliphatic rings. The number of ether oxygens (including phenoxy) is 2. The number of hydrogen-bond donors (Lipinski definition) is 2. The molecule has 1 saturated carbocycles. The van der Waals surface area contributed by atoms with Gasteiger partial charge in [0, 0.05) is 23.7 Å². The SMILES string of the molecule is COC(=O)N1CCCC(c2[nH]ncc2CO)[C@@H]1COC1CCC(c2ccccc2)CC1. The molecule has 7 heteroatoms. The van der Waals surface area contributed by atoms with E-state index in [9.17, 15) is 9.90 Å². The van der Waals surface area contributed by atoms with Crippen molar-refractivity contribution >= 4 is 6.09 Å². The second kappa shape index (κ2) is 10.3. The summed E-state index contributed by atoms with van der Waals surface area (Å²) in [6.45, 7) is 1.04. The Kier molecular flexibility index (Phi) is 7.25. The number of aliphatic hydroxyl groups is 1. The van der Waals surface area contributed by atoms with Crippen LogP contribution in [-0.2, 0) is 16.1 Å². The molecule has 7 nitrogen and oxygen atoms in total. The Balaban J connectivity index is 1.41. The van der Waals surface area contributed by atoms with Crippen LogP contribution in [0.15, 0.2) is 36.5 Å². The molecule has 1 aliphatic heterocycles. The molecule has 168 valence electrons. The van der Waals surface area contributed by atoms with Crippen molar-refractivity contribution < 1.29 is 19.4 Å². The molecule has 0 spiro atoms. The molecule has 4 rings (SSSR count). The van der Waals surface area contributed by atoms with Gasteiger partial charge in [-0.15, -0.1) is 0 Å². The molecule has 31 heavy (non-hydrogen) atoms. The van der Waals surface area contributed by atoms with Gasteiger partial charge in [0.15, 0.2) is 0 Å². The minimum atomic E-state index is -0.323. The molecule has 2 N–H and O–H groups in total. The Morgan fingerprint density at radius 1 is 1.19 bits per heavy atom. The number of likely N-dealkylation sites (tertiary alicyclic amines) is 1. The summed E-state index contributed by atoms with van der Waals surface area (Å²) >= 11 is 0. The molecule has 1 aromatic carbocycles. The molecule has 2 fully saturated rings. The zero-order valence-corrected chi connectivity index (χ0v) is 18.2. The van der Waals surface area contributed by atoms with Crippen LogP contribution in [-0.4, -0.2) is 58.7 Å². The number of carbonyl (C=O) groups excluding carboxylic acids is 1. The van der Waals surface area contributed by atoms with Crippen molar-refractivity contribution in [3.05, 3.63) is 53.3 Å². The quantitative estimate of drug-likeness (QED) is 0.729. The summed E-state index contributed by atoms with van der Waals surface area (Å²) in [6, 6.07) is 10.6. The molecule has 1 saturated heterocycles. The van der Waals surface area contributed by atoms with E-state index in [2.05, 4.69) is 40.5 Å². The number of amides is 1. The summed E-state index contributed by atoms with van der Waals surface area (Å²) in [5.41, 5.74) is 3.10. The van der Waals surface area contributed by atoms with E-state index in [1.807, 2.05) is 0 Å². The molecule has 1 aliphatic carbocycles. The number of H-pyrrole nitrogens is 1. The molecule has 1 aromatic heterocycles. The summed E-state index contributed by atoms with van der Waals surface area (Å²) in [6.07, 6.45) is 7.64. The van der Waals surface area contributed by atoms with E-state index < -0.39 is 0 Å². The molecule has 2 aromatic rings. The summed E-state index contributed by atoms with van der Waals surface area (Å²) in [5.74, 6) is 0.644. The lowest BCUT2D eigenvalue weighted by atomic mass is 9.82. The summed E-state index contributed by atoms with van der Waals surface area (Å²) in [4.78, 5) is 14.3. The molecule has 0 bridgehead atoms. The van der Waals surface area contributed by atoms with Gasteiger partial charge in [-0.05, 0) is 50.0 Å². The summed E-state index contributed by atoms with van der Waals surface area (Å²) in [7, 11) is 1.42. The molecule has 0 radical (unpaired) electrons. The normalized spacial score (nSPS) is 26.6. The van der Waals surface area contributed by atoms with E-state index in [1.165, 1.54) is 12.7 Å². The average molecular weight is 428 g/mol. The van der Waals surface area contributed by atoms with Crippen LogP contribution >= 0.6 is 0 Å². The number of benzene rings is 1. The van der Waals surface area contributed by atoms with Crippen LogP contribution in [0.1, 0.15) is 67.2 Å². The monoisotopic (exact) mass is 427 g/mol. The predicted octanol–water partition coefficient (Wildman–Crippen LogP) is 3.96. The highest BCUT2D eigenvalue weighted by Gasteiger charge is 2.38. The summed E-state index contributed by atoms with van der Waals surface area (Å²) in [5, 5.41) is 16.9. The summed E-state index contributed by atoms with van der Waals surface area (Å²) < 4.78 is 11.4. The van der Waals surface area contributed by atoms with Crippen LogP contribution < -0.4 is 0 Å². The number of aromatic nitrogens is 2. The van der Waals surface area contributed by atoms with Crippen molar-refractivity contribution in [1.82, 2.24) is 15.1 Å². The average Bonchev–Trinajstić information content (AvgIpc) is 3.31. The third kappa shape index (κ3) is 4.93. The minimum Gasteiger partial charge on any atom is -0.453 e. The fourth-order valence-electron chi connectivity index (χ4n) is 5.23. The molecule has 2 heterocycles. The Morgan fingerprint density at radius 3 is 2.68 bits per heavy atom. The molecule has 1 unspecified atom stereocenters. The van der Waals surface area contributed by atoms with Gasteiger partial charge in [-0.25, -0.2) is 4.79 Å². The highest BCUT2D eigenvalue weighted by atomic mass is 16.5. The topological polar surface area (TPSA) is 87.7 Å². The number of hydrogen-bond acceptors (Lipinski definition) is 5. The maximum absolute atomic E-state index is 12.5. The minimum absolute atomic E-state index is 0.0400. The van der Waals surface area contributed by atoms with E-state index in [4.69, 9.17) is 9.47 Å². The fraction of sp³-hybridized carbons (Fsp3) is 0.583. The number of carbonyl (C=O) groups is 1. The van der Waals surface area contributed by atoms with Crippen LogP contribution in [0, 0.1) is 0 Å². The Bertz CT molecular complexity index is 832. The van der Waals surface area contributed by atoms with Crippen molar-refractivity contribution in [3.63, 3.8) is 0 Å². The third-order valence-corrected chi connectivity index (χ3v) is 6.93. The van der Waals surface area contributed by atoms with Crippen LogP contribution in [0.25, 0.3) is 0 Å². The van der Waals surface area contributed by atoms with Crippen LogP contribution in [0.5, 0.6) is 0 Å². The number of nitrogens with one attached hydrogen (secondary N) is 1. The van der Waals surface area contributed by atoms with E-state index >= 15 is 0 Å². The smallest absolute Gasteiger partial charge is 0.409 e. The van der Waals surface area contributed by atoms with E-state index in [-0.39, 0.29) is 30.8 Å². The van der Waals surface area contributed by atoms with Gasteiger partial charge >= 0.3 is 6.09 Å². The van der Waals surface area contributed by atoms with Crippen molar-refractivity contribution in [2.75, 3.05) is 20.3 Å². The highest BCUT2D eigenvalue weighted by Crippen LogP contribution is 2.37. The van der Waals surface area contributed by atoms with Gasteiger partial charge in [-0.3, -0.25) is 5.10 Å². The largest absolute Gasteiger partial charge is 0.453 e. The van der Waals surface area contributed by atoms with Gasteiger partial charge in [-0.2, -0.15) is 5.10 Å². The van der Waals surface area contributed by atoms with Gasteiger partial charge < -0.3 is 19.5 Å². The van der Waals surface area contributed by atoms with Crippen molar-refractivity contribution in [2.45, 2.75) is 69.1 Å². The molecule has 1 amide bonds. The van der Waals surface area contributed by atoms with E-state index in [0.717, 1.165) is 49.8 Å². The maximum Gasteiger partial charge on any atom is 0.409 e. The van der Waals surface area contributed by atoms with Gasteiger partial charge in [0.2, 0.25) is 0 Å². The lowest BCUT2D eigenvalue weighted by molar-refractivity contribution is -0.0243. The van der Waals surface area contributed by atoms with Crippen LogP contribution in [0.3, 0.4) is 0 Å². The number of aromatic amines is 1. The Hall–Kier alpha value is -2.38. The number of methoxy groups -OCH3 is 1. The zero-order chi connectivity index (χ0) is 21.6. The fourth-order valence-corrected chi connectivity index (χ4v) is 5.23. The van der Waals surface area contributed by atoms with Crippen molar-refractivity contribution in [2.24, 2.45) is 0 Å².